The molecule has 1 fully saturated rings. The second-order valence-electron chi connectivity index (χ2n) is 5.60. The van der Waals surface area contributed by atoms with Crippen molar-refractivity contribution in [3.8, 4) is 5.75 Å². The molecule has 21 heavy (non-hydrogen) atoms. The minimum absolute atomic E-state index is 0.0219. The highest BCUT2D eigenvalue weighted by molar-refractivity contribution is 5.90. The lowest BCUT2D eigenvalue weighted by Crippen LogP contribution is -2.47. The number of anilines is 1. The van der Waals surface area contributed by atoms with Crippen LogP contribution >= 0.6 is 0 Å². The molecule has 0 spiro atoms. The molecule has 0 aliphatic carbocycles. The van der Waals surface area contributed by atoms with Crippen LogP contribution in [0.25, 0.3) is 0 Å². The standard InChI is InChI=1S/C16H24N2O3/c1-11-8-13(9-12(2)15(11)21-3)17-16(20)18-7-5-4-6-14(18)10-19/h8-9,14,19H,4-7,10H2,1-3H3,(H,17,20)/t14-/m1/s1. The molecule has 0 saturated carbocycles. The number of amides is 2. The van der Waals surface area contributed by atoms with Crippen LogP contribution in [0.5, 0.6) is 5.75 Å². The van der Waals surface area contributed by atoms with Crippen LogP contribution in [-0.2, 0) is 0 Å². The number of rotatable bonds is 3. The average Bonchev–Trinajstić information content (AvgIpc) is 2.46. The molecule has 1 aromatic rings. The number of ether oxygens (including phenoxy) is 1. The van der Waals surface area contributed by atoms with Gasteiger partial charge in [0.1, 0.15) is 5.75 Å². The van der Waals surface area contributed by atoms with E-state index in [1.165, 1.54) is 0 Å². The molecule has 1 saturated heterocycles. The molecule has 5 heteroatoms. The Labute approximate surface area is 125 Å². The van der Waals surface area contributed by atoms with Gasteiger partial charge in [-0.2, -0.15) is 0 Å². The fraction of sp³-hybridized carbons (Fsp3) is 0.562. The molecule has 1 heterocycles. The van der Waals surface area contributed by atoms with Gasteiger partial charge in [0, 0.05) is 12.2 Å². The first-order valence-corrected chi connectivity index (χ1v) is 7.40. The summed E-state index contributed by atoms with van der Waals surface area (Å²) in [5, 5.41) is 12.3. The van der Waals surface area contributed by atoms with E-state index in [1.807, 2.05) is 26.0 Å². The largest absolute Gasteiger partial charge is 0.496 e. The zero-order valence-electron chi connectivity index (χ0n) is 13.0. The van der Waals surface area contributed by atoms with Gasteiger partial charge < -0.3 is 20.1 Å². The van der Waals surface area contributed by atoms with E-state index < -0.39 is 0 Å². The van der Waals surface area contributed by atoms with Crippen molar-refractivity contribution in [2.75, 3.05) is 25.6 Å². The number of nitrogens with one attached hydrogen (secondary N) is 1. The van der Waals surface area contributed by atoms with Crippen molar-refractivity contribution in [3.63, 3.8) is 0 Å². The Morgan fingerprint density at radius 2 is 2.05 bits per heavy atom. The average molecular weight is 292 g/mol. The second kappa shape index (κ2) is 6.80. The van der Waals surface area contributed by atoms with E-state index in [0.29, 0.717) is 6.54 Å². The number of hydrogen-bond acceptors (Lipinski definition) is 3. The van der Waals surface area contributed by atoms with Gasteiger partial charge in [0.2, 0.25) is 0 Å². The Bertz CT molecular complexity index is 493. The van der Waals surface area contributed by atoms with Gasteiger partial charge in [0.15, 0.2) is 0 Å². The van der Waals surface area contributed by atoms with Gasteiger partial charge in [0.05, 0.1) is 19.8 Å². The molecule has 0 aromatic heterocycles. The van der Waals surface area contributed by atoms with E-state index in [1.54, 1.807) is 12.0 Å². The number of aliphatic hydroxyl groups excluding tert-OH is 1. The van der Waals surface area contributed by atoms with Crippen molar-refractivity contribution >= 4 is 11.7 Å². The Kier molecular flexibility index (Phi) is 5.07. The van der Waals surface area contributed by atoms with E-state index in [0.717, 1.165) is 41.8 Å². The minimum atomic E-state index is -0.141. The summed E-state index contributed by atoms with van der Waals surface area (Å²) < 4.78 is 5.33. The molecule has 1 aliphatic heterocycles. The SMILES string of the molecule is COc1c(C)cc(NC(=O)N2CCCC[C@@H]2CO)cc1C. The zero-order valence-corrected chi connectivity index (χ0v) is 13.0. The van der Waals surface area contributed by atoms with E-state index in [-0.39, 0.29) is 18.7 Å². The summed E-state index contributed by atoms with van der Waals surface area (Å²) in [7, 11) is 1.65. The van der Waals surface area contributed by atoms with Crippen molar-refractivity contribution in [2.45, 2.75) is 39.2 Å². The van der Waals surface area contributed by atoms with Gasteiger partial charge in [-0.15, -0.1) is 0 Å². The molecule has 5 nitrogen and oxygen atoms in total. The monoisotopic (exact) mass is 292 g/mol. The smallest absolute Gasteiger partial charge is 0.322 e. The molecular weight excluding hydrogens is 268 g/mol. The van der Waals surface area contributed by atoms with Crippen LogP contribution in [-0.4, -0.2) is 42.3 Å². The van der Waals surface area contributed by atoms with Gasteiger partial charge in [0.25, 0.3) is 0 Å². The van der Waals surface area contributed by atoms with Gasteiger partial charge >= 0.3 is 6.03 Å². The molecule has 2 N–H and O–H groups in total. The van der Waals surface area contributed by atoms with Crippen molar-refractivity contribution in [1.82, 2.24) is 4.90 Å². The predicted octanol–water partition coefficient (Wildman–Crippen LogP) is 2.69. The Hall–Kier alpha value is -1.75. The van der Waals surface area contributed by atoms with Crippen molar-refractivity contribution < 1.29 is 14.6 Å². The Morgan fingerprint density at radius 1 is 1.38 bits per heavy atom. The summed E-state index contributed by atoms with van der Waals surface area (Å²) in [6, 6.07) is 3.60. The summed E-state index contributed by atoms with van der Waals surface area (Å²) in [6.45, 7) is 4.64. The lowest BCUT2D eigenvalue weighted by Gasteiger charge is -2.34. The first-order chi connectivity index (χ1) is 10.1. The number of hydrogen-bond donors (Lipinski definition) is 2. The maximum atomic E-state index is 12.4. The number of aliphatic hydroxyl groups is 1. The maximum Gasteiger partial charge on any atom is 0.322 e. The third-order valence-corrected chi connectivity index (χ3v) is 4.01. The normalized spacial score (nSPS) is 18.5. The number of urea groups is 1. The van der Waals surface area contributed by atoms with Gasteiger partial charge in [-0.05, 0) is 56.4 Å². The summed E-state index contributed by atoms with van der Waals surface area (Å²) in [6.07, 6.45) is 2.92. The number of aryl methyl sites for hydroxylation is 2. The number of carbonyl (C=O) groups excluding carboxylic acids is 1. The molecule has 2 amide bonds. The van der Waals surface area contributed by atoms with Crippen LogP contribution in [0.3, 0.4) is 0 Å². The molecule has 0 unspecified atom stereocenters. The second-order valence-corrected chi connectivity index (χ2v) is 5.60. The summed E-state index contributed by atoms with van der Waals surface area (Å²) in [5.41, 5.74) is 2.74. The molecule has 116 valence electrons. The quantitative estimate of drug-likeness (QED) is 0.900. The van der Waals surface area contributed by atoms with E-state index in [9.17, 15) is 9.90 Å². The summed E-state index contributed by atoms with van der Waals surface area (Å²) in [4.78, 5) is 14.1. The van der Waals surface area contributed by atoms with Crippen molar-refractivity contribution in [3.05, 3.63) is 23.3 Å². The van der Waals surface area contributed by atoms with Crippen molar-refractivity contribution in [2.24, 2.45) is 0 Å². The van der Waals surface area contributed by atoms with Gasteiger partial charge in [-0.1, -0.05) is 0 Å². The number of likely N-dealkylation sites (tertiary alicyclic amines) is 1. The summed E-state index contributed by atoms with van der Waals surface area (Å²) in [5.74, 6) is 0.846. The zero-order chi connectivity index (χ0) is 15.4. The fourth-order valence-electron chi connectivity index (χ4n) is 3.00. The van der Waals surface area contributed by atoms with E-state index >= 15 is 0 Å². The Balaban J connectivity index is 2.12. The lowest BCUT2D eigenvalue weighted by molar-refractivity contribution is 0.115. The number of benzene rings is 1. The summed E-state index contributed by atoms with van der Waals surface area (Å²) >= 11 is 0. The highest BCUT2D eigenvalue weighted by Gasteiger charge is 2.26. The first kappa shape index (κ1) is 15.6. The van der Waals surface area contributed by atoms with Gasteiger partial charge in [-0.3, -0.25) is 0 Å². The molecule has 1 aliphatic rings. The molecule has 2 rings (SSSR count). The highest BCUT2D eigenvalue weighted by atomic mass is 16.5. The Morgan fingerprint density at radius 3 is 2.62 bits per heavy atom. The van der Waals surface area contributed by atoms with Crippen LogP contribution < -0.4 is 10.1 Å². The molecule has 1 atom stereocenters. The molecule has 0 bridgehead atoms. The third-order valence-electron chi connectivity index (χ3n) is 4.01. The maximum absolute atomic E-state index is 12.4. The molecule has 0 radical (unpaired) electrons. The van der Waals surface area contributed by atoms with Crippen LogP contribution in [0.1, 0.15) is 30.4 Å². The molecular formula is C16H24N2O3. The first-order valence-electron chi connectivity index (χ1n) is 7.40. The minimum Gasteiger partial charge on any atom is -0.496 e. The third kappa shape index (κ3) is 3.47. The van der Waals surface area contributed by atoms with Crippen LogP contribution in [0.4, 0.5) is 10.5 Å². The molecule has 1 aromatic carbocycles. The predicted molar refractivity (Wildman–Crippen MR) is 82.9 cm³/mol. The number of nitrogens with zero attached hydrogens (tertiary/aromatic N) is 1. The number of carbonyl (C=O) groups is 1. The van der Waals surface area contributed by atoms with Crippen molar-refractivity contribution in [1.29, 1.82) is 0 Å². The number of piperidine rings is 1. The van der Waals surface area contributed by atoms with E-state index in [2.05, 4.69) is 5.32 Å². The number of methoxy groups -OCH3 is 1. The highest BCUT2D eigenvalue weighted by Crippen LogP contribution is 2.27. The topological polar surface area (TPSA) is 61.8 Å². The fourth-order valence-corrected chi connectivity index (χ4v) is 3.00. The van der Waals surface area contributed by atoms with Crippen LogP contribution in [0.2, 0.25) is 0 Å². The van der Waals surface area contributed by atoms with Crippen LogP contribution in [0.15, 0.2) is 12.1 Å². The van der Waals surface area contributed by atoms with E-state index in [4.69, 9.17) is 4.74 Å². The lowest BCUT2D eigenvalue weighted by atomic mass is 10.0. The van der Waals surface area contributed by atoms with Gasteiger partial charge in [-0.25, -0.2) is 4.79 Å². The van der Waals surface area contributed by atoms with Crippen LogP contribution in [0, 0.1) is 13.8 Å².